The molecule has 11 heteroatoms. The smallest absolute Gasteiger partial charge is 0.497 e. The lowest BCUT2D eigenvalue weighted by molar-refractivity contribution is -0.0501. The molecule has 0 saturated carbocycles. The van der Waals surface area contributed by atoms with Crippen molar-refractivity contribution < 1.29 is 30.5 Å². The molecule has 2 aromatic carbocycles. The Labute approximate surface area is 169 Å². The molecule has 0 aliphatic heterocycles. The van der Waals surface area contributed by atoms with Crippen molar-refractivity contribution >= 4 is 10.1 Å². The summed E-state index contributed by atoms with van der Waals surface area (Å²) < 4.78 is 71.1. The van der Waals surface area contributed by atoms with Crippen LogP contribution in [-0.4, -0.2) is 30.8 Å². The monoisotopic (exact) mass is 440 g/mol. The molecule has 0 N–H and O–H groups in total. The van der Waals surface area contributed by atoms with Crippen LogP contribution in [0.1, 0.15) is 5.56 Å². The Hall–Kier alpha value is -3.34. The molecular weight excluding hydrogens is 425 g/mol. The lowest BCUT2D eigenvalue weighted by Gasteiger charge is -2.13. The topological polar surface area (TPSA) is 87.5 Å². The van der Waals surface area contributed by atoms with Crippen LogP contribution in [0.5, 0.6) is 11.6 Å². The Morgan fingerprint density at radius 2 is 1.67 bits per heavy atom. The molecular formula is C19H15F3N2O5S. The fourth-order valence-corrected chi connectivity index (χ4v) is 2.96. The fraction of sp³-hybridized carbons (Fsp3) is 0.158. The van der Waals surface area contributed by atoms with Gasteiger partial charge in [-0.2, -0.15) is 21.6 Å². The maximum Gasteiger partial charge on any atom is 0.534 e. The van der Waals surface area contributed by atoms with Gasteiger partial charge < -0.3 is 8.92 Å². The van der Waals surface area contributed by atoms with Gasteiger partial charge in [-0.25, -0.2) is 4.68 Å². The SMILES string of the molecule is COc1ccc(-c2cc(OS(=O)(=O)C(F)(F)F)nn(Cc3ccccc3)c2=O)cc1. The van der Waals surface area contributed by atoms with Crippen molar-refractivity contribution in [3.8, 4) is 22.8 Å². The van der Waals surface area contributed by atoms with Gasteiger partial charge in [0.15, 0.2) is 0 Å². The van der Waals surface area contributed by atoms with Crippen molar-refractivity contribution in [1.82, 2.24) is 9.78 Å². The molecule has 1 heterocycles. The van der Waals surface area contributed by atoms with Crippen LogP contribution in [0.15, 0.2) is 65.5 Å². The van der Waals surface area contributed by atoms with E-state index in [1.165, 1.54) is 19.2 Å². The maximum absolute atomic E-state index is 12.9. The summed E-state index contributed by atoms with van der Waals surface area (Å²) in [6.45, 7) is -0.105. The molecule has 7 nitrogen and oxygen atoms in total. The van der Waals surface area contributed by atoms with Gasteiger partial charge in [0.05, 0.1) is 19.2 Å². The van der Waals surface area contributed by atoms with E-state index in [2.05, 4.69) is 9.28 Å². The summed E-state index contributed by atoms with van der Waals surface area (Å²) in [6.07, 6.45) is 0. The first-order valence-corrected chi connectivity index (χ1v) is 9.83. The number of halogens is 3. The molecule has 0 unspecified atom stereocenters. The normalized spacial score (nSPS) is 11.9. The molecule has 0 aliphatic rings. The number of rotatable bonds is 6. The van der Waals surface area contributed by atoms with Gasteiger partial charge in [-0.3, -0.25) is 4.79 Å². The average molecular weight is 440 g/mol. The Balaban J connectivity index is 2.12. The number of ether oxygens (including phenoxy) is 1. The summed E-state index contributed by atoms with van der Waals surface area (Å²) in [4.78, 5) is 12.9. The molecule has 0 aliphatic carbocycles. The summed E-state index contributed by atoms with van der Waals surface area (Å²) in [6, 6.07) is 15.5. The second kappa shape index (κ2) is 8.19. The van der Waals surface area contributed by atoms with Crippen molar-refractivity contribution in [1.29, 1.82) is 0 Å². The van der Waals surface area contributed by atoms with E-state index in [0.717, 1.165) is 10.7 Å². The Morgan fingerprint density at radius 1 is 1.03 bits per heavy atom. The number of methoxy groups -OCH3 is 1. The van der Waals surface area contributed by atoms with Crippen LogP contribution < -0.4 is 14.5 Å². The molecule has 30 heavy (non-hydrogen) atoms. The van der Waals surface area contributed by atoms with E-state index in [1.54, 1.807) is 42.5 Å². The summed E-state index contributed by atoms with van der Waals surface area (Å²) in [7, 11) is -4.51. The third kappa shape index (κ3) is 4.62. The minimum absolute atomic E-state index is 0.0871. The number of hydrogen-bond donors (Lipinski definition) is 0. The van der Waals surface area contributed by atoms with E-state index in [0.29, 0.717) is 16.9 Å². The first kappa shape index (κ1) is 21.4. The van der Waals surface area contributed by atoms with Crippen molar-refractivity contribution in [2.75, 3.05) is 7.11 Å². The van der Waals surface area contributed by atoms with Gasteiger partial charge in [-0.05, 0) is 23.3 Å². The van der Waals surface area contributed by atoms with Crippen LogP contribution in [-0.2, 0) is 16.7 Å². The Bertz CT molecular complexity index is 1190. The largest absolute Gasteiger partial charge is 0.534 e. The van der Waals surface area contributed by atoms with Crippen LogP contribution in [0.4, 0.5) is 13.2 Å². The quantitative estimate of drug-likeness (QED) is 0.432. The first-order chi connectivity index (χ1) is 14.1. The van der Waals surface area contributed by atoms with E-state index in [9.17, 15) is 26.4 Å². The van der Waals surface area contributed by atoms with E-state index < -0.39 is 27.1 Å². The van der Waals surface area contributed by atoms with Gasteiger partial charge in [-0.1, -0.05) is 42.5 Å². The number of aromatic nitrogens is 2. The van der Waals surface area contributed by atoms with Gasteiger partial charge >= 0.3 is 15.6 Å². The van der Waals surface area contributed by atoms with Gasteiger partial charge in [0.25, 0.3) is 11.4 Å². The number of nitrogens with zero attached hydrogens (tertiary/aromatic N) is 2. The highest BCUT2D eigenvalue weighted by Gasteiger charge is 2.49. The molecule has 0 amide bonds. The number of hydrogen-bond acceptors (Lipinski definition) is 6. The molecule has 3 aromatic rings. The van der Waals surface area contributed by atoms with Crippen molar-refractivity contribution in [2.24, 2.45) is 0 Å². The van der Waals surface area contributed by atoms with Gasteiger partial charge in [0, 0.05) is 6.07 Å². The standard InChI is InChI=1S/C19H15F3N2O5S/c1-28-15-9-7-14(8-10-15)16-11-17(29-30(26,27)19(20,21)22)23-24(18(16)25)12-13-5-3-2-4-6-13/h2-11H,12H2,1H3. The molecule has 158 valence electrons. The van der Waals surface area contributed by atoms with Crippen LogP contribution in [0.3, 0.4) is 0 Å². The number of alkyl halides is 3. The van der Waals surface area contributed by atoms with Gasteiger partial charge in [0.2, 0.25) is 0 Å². The number of benzene rings is 2. The van der Waals surface area contributed by atoms with Crippen molar-refractivity contribution in [3.05, 3.63) is 76.6 Å². The van der Waals surface area contributed by atoms with Crippen LogP contribution >= 0.6 is 0 Å². The minimum Gasteiger partial charge on any atom is -0.497 e. The van der Waals surface area contributed by atoms with Crippen molar-refractivity contribution in [3.63, 3.8) is 0 Å². The highest BCUT2D eigenvalue weighted by Crippen LogP contribution is 2.28. The molecule has 0 spiro atoms. The summed E-state index contributed by atoms with van der Waals surface area (Å²) in [5.41, 5.74) is -5.42. The molecule has 1 aromatic heterocycles. The highest BCUT2D eigenvalue weighted by atomic mass is 32.2. The third-order valence-corrected chi connectivity index (χ3v) is 4.96. The van der Waals surface area contributed by atoms with Gasteiger partial charge in [-0.15, -0.1) is 5.10 Å². The third-order valence-electron chi connectivity index (χ3n) is 4.01. The molecule has 0 saturated heterocycles. The predicted octanol–water partition coefficient (Wildman–Crippen LogP) is 3.20. The van der Waals surface area contributed by atoms with E-state index in [1.807, 2.05) is 0 Å². The van der Waals surface area contributed by atoms with E-state index in [4.69, 9.17) is 4.74 Å². The molecule has 0 fully saturated rings. The minimum atomic E-state index is -5.96. The zero-order valence-electron chi connectivity index (χ0n) is 15.5. The lowest BCUT2D eigenvalue weighted by atomic mass is 10.1. The van der Waals surface area contributed by atoms with Gasteiger partial charge in [0.1, 0.15) is 5.75 Å². The summed E-state index contributed by atoms with van der Waals surface area (Å²) in [5, 5.41) is 3.66. The summed E-state index contributed by atoms with van der Waals surface area (Å²) >= 11 is 0. The Kier molecular flexibility index (Phi) is 5.83. The predicted molar refractivity (Wildman–Crippen MR) is 102 cm³/mol. The highest BCUT2D eigenvalue weighted by molar-refractivity contribution is 7.87. The van der Waals surface area contributed by atoms with Crippen LogP contribution in [0, 0.1) is 0 Å². The second-order valence-corrected chi connectivity index (χ2v) is 7.59. The Morgan fingerprint density at radius 3 is 2.23 bits per heavy atom. The first-order valence-electron chi connectivity index (χ1n) is 8.42. The summed E-state index contributed by atoms with van der Waals surface area (Å²) in [5.74, 6) is -0.387. The van der Waals surface area contributed by atoms with Crippen LogP contribution in [0.25, 0.3) is 11.1 Å². The van der Waals surface area contributed by atoms with Crippen molar-refractivity contribution in [2.45, 2.75) is 12.1 Å². The molecule has 3 rings (SSSR count). The van der Waals surface area contributed by atoms with E-state index >= 15 is 0 Å². The van der Waals surface area contributed by atoms with E-state index in [-0.39, 0.29) is 12.1 Å². The average Bonchev–Trinajstić information content (AvgIpc) is 2.70. The zero-order valence-corrected chi connectivity index (χ0v) is 16.3. The lowest BCUT2D eigenvalue weighted by Crippen LogP contribution is -2.30. The van der Waals surface area contributed by atoms with Crippen LogP contribution in [0.2, 0.25) is 0 Å². The molecule has 0 radical (unpaired) electrons. The second-order valence-electron chi connectivity index (χ2n) is 6.06. The zero-order chi connectivity index (χ0) is 21.9. The molecule has 0 atom stereocenters. The maximum atomic E-state index is 12.9. The fourth-order valence-electron chi connectivity index (χ4n) is 2.56. The molecule has 0 bridgehead atoms.